The van der Waals surface area contributed by atoms with Crippen molar-refractivity contribution < 1.29 is 4.79 Å². The number of primary amides is 1. The molecule has 2 aliphatic rings. The topological polar surface area (TPSA) is 75.6 Å². The molecular formula is C14H28N4O. The van der Waals surface area contributed by atoms with Crippen LogP contribution < -0.4 is 11.5 Å². The van der Waals surface area contributed by atoms with Crippen LogP contribution in [0.5, 0.6) is 0 Å². The van der Waals surface area contributed by atoms with Gasteiger partial charge in [0.2, 0.25) is 5.91 Å². The Bertz CT molecular complexity index is 331. The Kier molecular flexibility index (Phi) is 4.48. The highest BCUT2D eigenvalue weighted by Gasteiger charge is 2.48. The van der Waals surface area contributed by atoms with Crippen molar-refractivity contribution in [1.29, 1.82) is 0 Å². The highest BCUT2D eigenvalue weighted by atomic mass is 16.1. The molecule has 0 radical (unpaired) electrons. The van der Waals surface area contributed by atoms with Crippen LogP contribution in [0.4, 0.5) is 0 Å². The quantitative estimate of drug-likeness (QED) is 0.736. The van der Waals surface area contributed by atoms with Gasteiger partial charge in [0.05, 0.1) is 0 Å². The van der Waals surface area contributed by atoms with Crippen LogP contribution in [-0.4, -0.2) is 60.5 Å². The van der Waals surface area contributed by atoms with E-state index >= 15 is 0 Å². The third-order valence-electron chi connectivity index (χ3n) is 4.72. The fraction of sp³-hybridized carbons (Fsp3) is 0.929. The first-order valence-corrected chi connectivity index (χ1v) is 7.48. The number of nitrogens with two attached hydrogens (primary N) is 2. The number of hydrogen-bond donors (Lipinski definition) is 2. The zero-order valence-corrected chi connectivity index (χ0v) is 12.3. The predicted molar refractivity (Wildman–Crippen MR) is 76.6 cm³/mol. The average Bonchev–Trinajstić information content (AvgIpc) is 3.17. The molecule has 1 saturated carbocycles. The molecule has 5 heteroatoms. The van der Waals surface area contributed by atoms with Crippen LogP contribution in [0.3, 0.4) is 0 Å². The van der Waals surface area contributed by atoms with Gasteiger partial charge in [0.15, 0.2) is 0 Å². The van der Waals surface area contributed by atoms with E-state index in [4.69, 9.17) is 11.5 Å². The van der Waals surface area contributed by atoms with Crippen molar-refractivity contribution in [2.45, 2.75) is 44.2 Å². The molecule has 0 aromatic heterocycles. The zero-order valence-electron chi connectivity index (χ0n) is 12.3. The number of hydrogen-bond acceptors (Lipinski definition) is 4. The number of carbonyl (C=O) groups is 1. The van der Waals surface area contributed by atoms with Gasteiger partial charge < -0.3 is 16.4 Å². The minimum Gasteiger partial charge on any atom is -0.368 e. The van der Waals surface area contributed by atoms with Crippen molar-refractivity contribution in [3.63, 3.8) is 0 Å². The van der Waals surface area contributed by atoms with Gasteiger partial charge in [-0.3, -0.25) is 9.69 Å². The minimum atomic E-state index is -0.823. The second-order valence-corrected chi connectivity index (χ2v) is 6.33. The van der Waals surface area contributed by atoms with Gasteiger partial charge in [0.25, 0.3) is 0 Å². The Morgan fingerprint density at radius 1 is 1.37 bits per heavy atom. The largest absolute Gasteiger partial charge is 0.368 e. The molecule has 1 aliphatic heterocycles. The van der Waals surface area contributed by atoms with Crippen molar-refractivity contribution in [3.05, 3.63) is 0 Å². The van der Waals surface area contributed by atoms with Gasteiger partial charge in [-0.25, -0.2) is 0 Å². The summed E-state index contributed by atoms with van der Waals surface area (Å²) < 4.78 is 0. The van der Waals surface area contributed by atoms with Crippen LogP contribution >= 0.6 is 0 Å². The first-order valence-electron chi connectivity index (χ1n) is 7.48. The minimum absolute atomic E-state index is 0.295. The fourth-order valence-electron chi connectivity index (χ4n) is 3.23. The maximum atomic E-state index is 11.8. The maximum Gasteiger partial charge on any atom is 0.239 e. The SMILES string of the molecule is CCC1CN(C)CCCN1CC(N)(C(N)=O)C1CC1. The number of likely N-dealkylation sites (N-methyl/N-ethyl adjacent to an activating group) is 1. The molecule has 1 amide bonds. The normalized spacial score (nSPS) is 29.7. The molecule has 0 aromatic carbocycles. The van der Waals surface area contributed by atoms with Crippen LogP contribution in [0, 0.1) is 5.92 Å². The van der Waals surface area contributed by atoms with Gasteiger partial charge in [0, 0.05) is 19.1 Å². The van der Waals surface area contributed by atoms with E-state index in [1.807, 2.05) is 0 Å². The van der Waals surface area contributed by atoms with E-state index in [-0.39, 0.29) is 5.91 Å². The highest BCUT2D eigenvalue weighted by Crippen LogP contribution is 2.39. The van der Waals surface area contributed by atoms with Gasteiger partial charge in [-0.15, -0.1) is 0 Å². The Labute approximate surface area is 116 Å². The van der Waals surface area contributed by atoms with E-state index in [9.17, 15) is 4.79 Å². The van der Waals surface area contributed by atoms with Crippen LogP contribution in [0.15, 0.2) is 0 Å². The summed E-state index contributed by atoms with van der Waals surface area (Å²) in [6, 6.07) is 0.480. The lowest BCUT2D eigenvalue weighted by Gasteiger charge is -2.37. The Morgan fingerprint density at radius 3 is 2.58 bits per heavy atom. The summed E-state index contributed by atoms with van der Waals surface area (Å²) in [6.45, 7) is 6.01. The predicted octanol–water partition coefficient (Wildman–Crippen LogP) is -0.00470. The van der Waals surface area contributed by atoms with Crippen LogP contribution in [-0.2, 0) is 4.79 Å². The maximum absolute atomic E-state index is 11.8. The summed E-state index contributed by atoms with van der Waals surface area (Å²) in [6.07, 6.45) is 4.31. The summed E-state index contributed by atoms with van der Waals surface area (Å²) in [5, 5.41) is 0. The number of carbonyl (C=O) groups excluding carboxylic acids is 1. The molecule has 1 aliphatic carbocycles. The van der Waals surface area contributed by atoms with E-state index in [1.54, 1.807) is 0 Å². The summed E-state index contributed by atoms with van der Waals surface area (Å²) in [5.41, 5.74) is 11.1. The molecule has 1 saturated heterocycles. The molecule has 0 bridgehead atoms. The van der Waals surface area contributed by atoms with E-state index in [0.29, 0.717) is 18.5 Å². The number of nitrogens with zero attached hydrogens (tertiary/aromatic N) is 2. The van der Waals surface area contributed by atoms with Crippen LogP contribution in [0.2, 0.25) is 0 Å². The fourth-order valence-corrected chi connectivity index (χ4v) is 3.23. The second-order valence-electron chi connectivity index (χ2n) is 6.33. The van der Waals surface area contributed by atoms with Crippen molar-refractivity contribution in [3.8, 4) is 0 Å². The second kappa shape index (κ2) is 5.77. The lowest BCUT2D eigenvalue weighted by molar-refractivity contribution is -0.125. The summed E-state index contributed by atoms with van der Waals surface area (Å²) in [4.78, 5) is 16.5. The molecule has 0 spiro atoms. The number of rotatable bonds is 5. The molecule has 110 valence electrons. The summed E-state index contributed by atoms with van der Waals surface area (Å²) >= 11 is 0. The van der Waals surface area contributed by atoms with E-state index < -0.39 is 5.54 Å². The van der Waals surface area contributed by atoms with Crippen molar-refractivity contribution >= 4 is 5.91 Å². The number of amides is 1. The van der Waals surface area contributed by atoms with Gasteiger partial charge in [-0.2, -0.15) is 0 Å². The first kappa shape index (κ1) is 14.8. The lowest BCUT2D eigenvalue weighted by atomic mass is 9.92. The third kappa shape index (κ3) is 3.27. The van der Waals surface area contributed by atoms with Crippen molar-refractivity contribution in [2.75, 3.05) is 33.2 Å². The van der Waals surface area contributed by atoms with Gasteiger partial charge in [-0.05, 0) is 51.7 Å². The van der Waals surface area contributed by atoms with E-state index in [2.05, 4.69) is 23.8 Å². The molecule has 0 aromatic rings. The Morgan fingerprint density at radius 2 is 2.05 bits per heavy atom. The smallest absolute Gasteiger partial charge is 0.239 e. The van der Waals surface area contributed by atoms with Crippen LogP contribution in [0.25, 0.3) is 0 Å². The molecule has 5 nitrogen and oxygen atoms in total. The van der Waals surface area contributed by atoms with Gasteiger partial charge in [-0.1, -0.05) is 6.92 Å². The third-order valence-corrected chi connectivity index (χ3v) is 4.72. The average molecular weight is 268 g/mol. The van der Waals surface area contributed by atoms with Gasteiger partial charge in [0.1, 0.15) is 5.54 Å². The van der Waals surface area contributed by atoms with Crippen molar-refractivity contribution in [1.82, 2.24) is 9.80 Å². The first-order chi connectivity index (χ1) is 8.97. The molecule has 1 heterocycles. The molecule has 19 heavy (non-hydrogen) atoms. The molecule has 4 N–H and O–H groups in total. The zero-order chi connectivity index (χ0) is 14.0. The molecular weight excluding hydrogens is 240 g/mol. The Balaban J connectivity index is 2.07. The summed E-state index contributed by atoms with van der Waals surface area (Å²) in [5.74, 6) is -0.0362. The molecule has 2 rings (SSSR count). The molecule has 2 atom stereocenters. The Hall–Kier alpha value is -0.650. The lowest BCUT2D eigenvalue weighted by Crippen LogP contribution is -2.62. The van der Waals surface area contributed by atoms with E-state index in [0.717, 1.165) is 45.3 Å². The monoisotopic (exact) mass is 268 g/mol. The highest BCUT2D eigenvalue weighted by molar-refractivity contribution is 5.85. The summed E-state index contributed by atoms with van der Waals surface area (Å²) in [7, 11) is 2.16. The van der Waals surface area contributed by atoms with E-state index in [1.165, 1.54) is 0 Å². The van der Waals surface area contributed by atoms with Gasteiger partial charge >= 0.3 is 0 Å². The van der Waals surface area contributed by atoms with Crippen molar-refractivity contribution in [2.24, 2.45) is 17.4 Å². The molecule has 2 unspecified atom stereocenters. The van der Waals surface area contributed by atoms with Crippen LogP contribution in [0.1, 0.15) is 32.6 Å². The standard InChI is InChI=1S/C14H28N4O/c1-3-12-9-17(2)7-4-8-18(12)10-14(16,13(15)19)11-5-6-11/h11-12H,3-10,16H2,1-2H3,(H2,15,19). The molecule has 2 fully saturated rings.